The van der Waals surface area contributed by atoms with Crippen LogP contribution in [-0.2, 0) is 22.1 Å². The molecule has 1 spiro atoms. The minimum absolute atomic E-state index is 0.0552. The molecule has 1 atom stereocenters. The standard InChI is InChI=1S/C68H69N3O/c1-40(2)50-22-18-23-51(41(3)4)60(50)46-28-31-57(42(5)34-46)70-58-25-19-24-52-53-35-47(43-20-16-15-17-21-43)36-54-59-37-45(44-26-29-48(30-27-44)65(6,7)8)32-33-69(59)68(61(53)54)71(62(52)58)64(70)55-38-49(66(9,10)11)39-56(63(55)72-68)67(12,13)14/h15-41H,1-14H3/q+2/i40D. The van der Waals surface area contributed by atoms with Crippen molar-refractivity contribution in [3.8, 4) is 78.6 Å². The van der Waals surface area contributed by atoms with Gasteiger partial charge >= 0.3 is 11.7 Å². The fourth-order valence-electron chi connectivity index (χ4n) is 12.2. The molecule has 4 heteroatoms. The lowest BCUT2D eigenvalue weighted by atomic mass is 9.78. The quantitative estimate of drug-likeness (QED) is 0.152. The number of para-hydroxylation sites is 1. The number of hydrogen-bond donors (Lipinski definition) is 0. The fourth-order valence-corrected chi connectivity index (χ4v) is 12.2. The average Bonchev–Trinajstić information content (AvgIpc) is 3.83. The summed E-state index contributed by atoms with van der Waals surface area (Å²) >= 11 is 0. The van der Waals surface area contributed by atoms with Crippen LogP contribution < -0.4 is 13.9 Å². The summed E-state index contributed by atoms with van der Waals surface area (Å²) in [6, 6.07) is 54.8. The Bertz CT molecular complexity index is 3770. The van der Waals surface area contributed by atoms with Gasteiger partial charge in [-0.25, -0.2) is 0 Å². The predicted octanol–water partition coefficient (Wildman–Crippen LogP) is 16.9. The molecular weight excluding hydrogens is 875 g/mol. The van der Waals surface area contributed by atoms with Gasteiger partial charge in [0, 0.05) is 30.2 Å². The van der Waals surface area contributed by atoms with E-state index in [9.17, 15) is 1.37 Å². The van der Waals surface area contributed by atoms with Crippen molar-refractivity contribution < 1.29 is 15.2 Å². The van der Waals surface area contributed by atoms with Gasteiger partial charge < -0.3 is 4.74 Å². The highest BCUT2D eigenvalue weighted by molar-refractivity contribution is 5.99. The molecule has 12 rings (SSSR count). The molecule has 2 aromatic heterocycles. The van der Waals surface area contributed by atoms with Gasteiger partial charge in [0.15, 0.2) is 23.0 Å². The zero-order chi connectivity index (χ0) is 51.5. The summed E-state index contributed by atoms with van der Waals surface area (Å²) in [6.45, 7) is 31.6. The highest BCUT2D eigenvalue weighted by Gasteiger charge is 2.69. The van der Waals surface area contributed by atoms with E-state index in [0.717, 1.165) is 61.8 Å². The molecule has 0 amide bonds. The van der Waals surface area contributed by atoms with E-state index in [2.05, 4.69) is 249 Å². The van der Waals surface area contributed by atoms with Gasteiger partial charge in [-0.15, -0.1) is 9.13 Å². The zero-order valence-corrected chi connectivity index (χ0v) is 44.8. The van der Waals surface area contributed by atoms with Crippen molar-refractivity contribution >= 4 is 11.0 Å². The number of fused-ring (bicyclic) bond motifs is 5. The molecule has 0 saturated carbocycles. The Labute approximate surface area is 429 Å². The third-order valence-electron chi connectivity index (χ3n) is 15.9. The summed E-state index contributed by atoms with van der Waals surface area (Å²) in [5.41, 5.74) is 24.2. The number of imidazole rings is 1. The van der Waals surface area contributed by atoms with Gasteiger partial charge in [0.2, 0.25) is 5.69 Å². The number of hydrogen-bond acceptors (Lipinski definition) is 1. The number of aryl methyl sites for hydroxylation is 1. The number of aromatic nitrogens is 3. The fraction of sp³-hybridized carbons (Fsp3) is 0.294. The number of pyridine rings is 1. The average molecular weight is 945 g/mol. The summed E-state index contributed by atoms with van der Waals surface area (Å²) in [5.74, 6) is 0.409. The van der Waals surface area contributed by atoms with Crippen molar-refractivity contribution in [3.05, 3.63) is 191 Å². The normalized spacial score (nSPS) is 15.8. The van der Waals surface area contributed by atoms with Crippen molar-refractivity contribution in [2.24, 2.45) is 0 Å². The van der Waals surface area contributed by atoms with Crippen molar-refractivity contribution in [2.75, 3.05) is 0 Å². The molecule has 1 unspecified atom stereocenters. The van der Waals surface area contributed by atoms with E-state index < -0.39 is 11.7 Å². The third-order valence-corrected chi connectivity index (χ3v) is 15.9. The predicted molar refractivity (Wildman–Crippen MR) is 298 cm³/mol. The van der Waals surface area contributed by atoms with Gasteiger partial charge in [-0.3, -0.25) is 0 Å². The van der Waals surface area contributed by atoms with E-state index >= 15 is 0 Å². The smallest absolute Gasteiger partial charge is 0.392 e. The first kappa shape index (κ1) is 44.9. The summed E-state index contributed by atoms with van der Waals surface area (Å²) in [4.78, 5) is 0. The first-order valence-electron chi connectivity index (χ1n) is 26.6. The molecule has 3 aliphatic heterocycles. The maximum absolute atomic E-state index is 9.31. The molecule has 0 radical (unpaired) electrons. The van der Waals surface area contributed by atoms with Crippen LogP contribution in [0.25, 0.3) is 83.9 Å². The molecule has 360 valence electrons. The maximum Gasteiger partial charge on any atom is 0.499 e. The summed E-state index contributed by atoms with van der Waals surface area (Å²) in [6.07, 6.45) is 2.30. The van der Waals surface area contributed by atoms with Gasteiger partial charge in [0.1, 0.15) is 16.8 Å². The molecule has 72 heavy (non-hydrogen) atoms. The van der Waals surface area contributed by atoms with E-state index in [1.165, 1.54) is 66.8 Å². The zero-order valence-electron chi connectivity index (χ0n) is 45.8. The largest absolute Gasteiger partial charge is 0.499 e. The monoisotopic (exact) mass is 945 g/mol. The summed E-state index contributed by atoms with van der Waals surface area (Å²) < 4.78 is 25.1. The topological polar surface area (TPSA) is 21.9 Å². The number of rotatable bonds is 6. The molecule has 0 aliphatic carbocycles. The lowest BCUT2D eigenvalue weighted by molar-refractivity contribution is -0.997. The summed E-state index contributed by atoms with van der Waals surface area (Å²) in [5, 5.41) is 0. The van der Waals surface area contributed by atoms with Crippen molar-refractivity contribution in [1.29, 1.82) is 0 Å². The van der Waals surface area contributed by atoms with Crippen LogP contribution in [0.5, 0.6) is 5.75 Å². The molecule has 0 saturated heterocycles. The van der Waals surface area contributed by atoms with E-state index in [1.807, 2.05) is 13.8 Å². The lowest BCUT2D eigenvalue weighted by Crippen LogP contribution is -2.78. The van der Waals surface area contributed by atoms with E-state index in [4.69, 9.17) is 4.74 Å². The van der Waals surface area contributed by atoms with Gasteiger partial charge in [0.25, 0.3) is 0 Å². The van der Waals surface area contributed by atoms with Crippen molar-refractivity contribution in [1.82, 2.24) is 4.57 Å². The van der Waals surface area contributed by atoms with Gasteiger partial charge in [0.05, 0.1) is 5.56 Å². The van der Waals surface area contributed by atoms with E-state index in [1.54, 1.807) is 0 Å². The van der Waals surface area contributed by atoms with Crippen LogP contribution in [0.1, 0.15) is 142 Å². The second-order valence-corrected chi connectivity index (χ2v) is 24.5. The number of benzene rings is 7. The van der Waals surface area contributed by atoms with Crippen molar-refractivity contribution in [3.63, 3.8) is 0 Å². The first-order chi connectivity index (χ1) is 34.5. The second-order valence-electron chi connectivity index (χ2n) is 24.5. The van der Waals surface area contributed by atoms with Crippen LogP contribution in [0.3, 0.4) is 0 Å². The van der Waals surface area contributed by atoms with Gasteiger partial charge in [-0.1, -0.05) is 181 Å². The van der Waals surface area contributed by atoms with Crippen LogP contribution in [0.15, 0.2) is 152 Å². The van der Waals surface area contributed by atoms with E-state index in [0.29, 0.717) is 5.92 Å². The van der Waals surface area contributed by atoms with Crippen LogP contribution in [-0.4, -0.2) is 4.57 Å². The van der Waals surface area contributed by atoms with Crippen LogP contribution in [0.2, 0.25) is 0 Å². The minimum atomic E-state index is -1.12. The molecule has 5 heterocycles. The molecule has 7 aromatic carbocycles. The third kappa shape index (κ3) is 6.70. The highest BCUT2D eigenvalue weighted by atomic mass is 16.5. The Morgan fingerprint density at radius 2 is 1.22 bits per heavy atom. The molecule has 0 fully saturated rings. The van der Waals surface area contributed by atoms with Gasteiger partial charge in [-0.2, -0.15) is 4.57 Å². The van der Waals surface area contributed by atoms with E-state index in [-0.39, 0.29) is 16.2 Å². The maximum atomic E-state index is 9.31. The Morgan fingerprint density at radius 3 is 1.89 bits per heavy atom. The summed E-state index contributed by atoms with van der Waals surface area (Å²) in [7, 11) is 0. The molecule has 9 aromatic rings. The Kier molecular flexibility index (Phi) is 9.80. The minimum Gasteiger partial charge on any atom is -0.392 e. The highest BCUT2D eigenvalue weighted by Crippen LogP contribution is 2.56. The van der Waals surface area contributed by atoms with Crippen molar-refractivity contribution in [2.45, 2.75) is 131 Å². The van der Waals surface area contributed by atoms with Gasteiger partial charge in [-0.05, 0) is 139 Å². The number of nitrogens with zero attached hydrogens (tertiary/aromatic N) is 3. The van der Waals surface area contributed by atoms with Crippen LogP contribution in [0.4, 0.5) is 0 Å². The van der Waals surface area contributed by atoms with Crippen LogP contribution in [0, 0.1) is 6.92 Å². The SMILES string of the molecule is [2H]C(C)(C)c1cccc(C(C)C)c1-c1ccc(-n2c3[n+]4c5c(cccc52)-c2cc(-c5ccccc5)cc5c2C4(Oc2c-3cc(C(C)(C)C)cc2C(C)(C)C)[n+]2ccc(-c3ccc(C(C)(C)C)cc3)cc2-5)c(C)c1. The Morgan fingerprint density at radius 1 is 0.556 bits per heavy atom. The molecular formula is C68H69N3O+2. The second kappa shape index (κ2) is 15.7. The Hall–Kier alpha value is -7.04. The lowest BCUT2D eigenvalue weighted by Gasteiger charge is -2.36. The number of ether oxygens (including phenoxy) is 1. The van der Waals surface area contributed by atoms with Crippen LogP contribution >= 0.6 is 0 Å². The molecule has 3 aliphatic rings. The molecule has 0 N–H and O–H groups in total. The Balaban J connectivity index is 1.22. The first-order valence-corrected chi connectivity index (χ1v) is 26.1. The molecule has 0 bridgehead atoms. The molecule has 4 nitrogen and oxygen atoms in total.